The molecule has 1 N–H and O–H groups in total. The maximum atomic E-state index is 6.32. The van der Waals surface area contributed by atoms with Gasteiger partial charge in [0.15, 0.2) is 0 Å². The van der Waals surface area contributed by atoms with Gasteiger partial charge in [0.25, 0.3) is 0 Å². The van der Waals surface area contributed by atoms with Crippen LogP contribution in [0, 0.1) is 12.8 Å². The Hall–Kier alpha value is -1.55. The van der Waals surface area contributed by atoms with Gasteiger partial charge in [-0.15, -0.1) is 0 Å². The second-order valence-electron chi connectivity index (χ2n) is 7.40. The van der Waals surface area contributed by atoms with Gasteiger partial charge in [0.2, 0.25) is 0 Å². The van der Waals surface area contributed by atoms with E-state index in [4.69, 9.17) is 28.3 Å². The number of halogens is 2. The molecule has 0 spiro atoms. The highest BCUT2D eigenvalue weighted by Crippen LogP contribution is 2.31. The van der Waals surface area contributed by atoms with Gasteiger partial charge < -0.3 is 5.32 Å². The molecule has 0 radical (unpaired) electrons. The summed E-state index contributed by atoms with van der Waals surface area (Å²) in [5.74, 6) is 1.04. The average Bonchev–Trinajstić information content (AvgIpc) is 3.45. The van der Waals surface area contributed by atoms with E-state index in [1.807, 2.05) is 28.8 Å². The molecule has 0 amide bonds. The maximum absolute atomic E-state index is 6.32. The van der Waals surface area contributed by atoms with Crippen molar-refractivity contribution < 1.29 is 0 Å². The first-order chi connectivity index (χ1) is 13.5. The molecule has 3 nitrogen and oxygen atoms in total. The number of nitrogens with zero attached hydrogens (tertiary/aromatic N) is 2. The van der Waals surface area contributed by atoms with E-state index in [1.165, 1.54) is 37.9 Å². The lowest BCUT2D eigenvalue weighted by molar-refractivity contribution is 0.630. The van der Waals surface area contributed by atoms with Crippen LogP contribution in [-0.4, -0.2) is 22.7 Å². The van der Waals surface area contributed by atoms with Crippen molar-refractivity contribution in [2.24, 2.45) is 5.92 Å². The third-order valence-corrected chi connectivity index (χ3v) is 5.65. The van der Waals surface area contributed by atoms with Crippen molar-refractivity contribution in [3.8, 4) is 11.3 Å². The van der Waals surface area contributed by atoms with Gasteiger partial charge in [0, 0.05) is 10.6 Å². The lowest BCUT2D eigenvalue weighted by Gasteiger charge is -2.07. The van der Waals surface area contributed by atoms with Crippen molar-refractivity contribution in [3.63, 3.8) is 0 Å². The number of benzene rings is 1. The number of hydrogen-bond acceptors (Lipinski definition) is 2. The van der Waals surface area contributed by atoms with Crippen LogP contribution >= 0.6 is 23.2 Å². The average molecular weight is 418 g/mol. The van der Waals surface area contributed by atoms with Crippen LogP contribution in [0.5, 0.6) is 0 Å². The van der Waals surface area contributed by atoms with Crippen molar-refractivity contribution in [1.82, 2.24) is 14.9 Å². The lowest BCUT2D eigenvalue weighted by Crippen LogP contribution is -2.16. The fourth-order valence-electron chi connectivity index (χ4n) is 3.28. The van der Waals surface area contributed by atoms with Crippen LogP contribution in [0.25, 0.3) is 16.8 Å². The molecule has 1 aliphatic rings. The Kier molecular flexibility index (Phi) is 7.39. The topological polar surface area (TPSA) is 29.3 Å². The SMILES string of the molecule is CCCNCC1CC1.CCc1nn2c(-c3ccc(Cl)cc3Cl)cccc2c1C. The zero-order chi connectivity index (χ0) is 20.1. The minimum absolute atomic E-state index is 0.635. The van der Waals surface area contributed by atoms with Crippen molar-refractivity contribution >= 4 is 28.7 Å². The monoisotopic (exact) mass is 417 g/mol. The van der Waals surface area contributed by atoms with Crippen LogP contribution in [0.4, 0.5) is 0 Å². The summed E-state index contributed by atoms with van der Waals surface area (Å²) in [4.78, 5) is 0. The van der Waals surface area contributed by atoms with Crippen molar-refractivity contribution in [2.45, 2.75) is 46.5 Å². The first-order valence-corrected chi connectivity index (χ1v) is 10.9. The highest BCUT2D eigenvalue weighted by molar-refractivity contribution is 6.36. The molecular weight excluding hydrogens is 389 g/mol. The summed E-state index contributed by atoms with van der Waals surface area (Å²) in [6, 6.07) is 11.7. The molecule has 1 aromatic carbocycles. The van der Waals surface area contributed by atoms with E-state index < -0.39 is 0 Å². The van der Waals surface area contributed by atoms with E-state index in [0.29, 0.717) is 10.0 Å². The Morgan fingerprint density at radius 2 is 1.93 bits per heavy atom. The summed E-state index contributed by atoms with van der Waals surface area (Å²) < 4.78 is 1.96. The van der Waals surface area contributed by atoms with E-state index in [-0.39, 0.29) is 0 Å². The van der Waals surface area contributed by atoms with Gasteiger partial charge in [-0.1, -0.05) is 43.1 Å². The number of aryl methyl sites for hydroxylation is 2. The molecule has 1 aliphatic carbocycles. The molecule has 5 heteroatoms. The number of rotatable bonds is 6. The smallest absolute Gasteiger partial charge is 0.0740 e. The van der Waals surface area contributed by atoms with E-state index in [2.05, 4.69) is 32.2 Å². The van der Waals surface area contributed by atoms with Gasteiger partial charge in [-0.05, 0) is 87.5 Å². The third-order valence-electron chi connectivity index (χ3n) is 5.10. The summed E-state index contributed by atoms with van der Waals surface area (Å²) in [6.45, 7) is 8.91. The number of aromatic nitrogens is 2. The Morgan fingerprint density at radius 1 is 1.14 bits per heavy atom. The molecule has 28 heavy (non-hydrogen) atoms. The van der Waals surface area contributed by atoms with Crippen LogP contribution in [0.15, 0.2) is 36.4 Å². The minimum Gasteiger partial charge on any atom is -0.316 e. The van der Waals surface area contributed by atoms with Crippen molar-refractivity contribution in [3.05, 3.63) is 57.7 Å². The molecule has 2 heterocycles. The summed E-state index contributed by atoms with van der Waals surface area (Å²) in [7, 11) is 0. The van der Waals surface area contributed by atoms with E-state index in [0.717, 1.165) is 34.8 Å². The molecule has 4 rings (SSSR count). The minimum atomic E-state index is 0.635. The molecule has 0 bridgehead atoms. The molecule has 0 aliphatic heterocycles. The molecule has 150 valence electrons. The van der Waals surface area contributed by atoms with Gasteiger partial charge in [-0.25, -0.2) is 4.52 Å². The van der Waals surface area contributed by atoms with E-state index in [1.54, 1.807) is 6.07 Å². The molecule has 1 fully saturated rings. The fraction of sp³-hybridized carbons (Fsp3) is 0.435. The lowest BCUT2D eigenvalue weighted by atomic mass is 10.1. The summed E-state index contributed by atoms with van der Waals surface area (Å²) in [5.41, 5.74) is 5.37. The van der Waals surface area contributed by atoms with E-state index >= 15 is 0 Å². The molecule has 3 aromatic rings. The predicted octanol–water partition coefficient (Wildman–Crippen LogP) is 6.57. The van der Waals surface area contributed by atoms with Crippen LogP contribution < -0.4 is 5.32 Å². The molecule has 0 atom stereocenters. The molecule has 0 unspecified atom stereocenters. The molecule has 2 aromatic heterocycles. The second-order valence-corrected chi connectivity index (χ2v) is 8.25. The van der Waals surface area contributed by atoms with Gasteiger partial charge in [0.1, 0.15) is 0 Å². The van der Waals surface area contributed by atoms with Gasteiger partial charge in [0.05, 0.1) is 21.9 Å². The van der Waals surface area contributed by atoms with Crippen LogP contribution in [-0.2, 0) is 6.42 Å². The van der Waals surface area contributed by atoms with Gasteiger partial charge in [-0.2, -0.15) is 5.10 Å². The van der Waals surface area contributed by atoms with Crippen LogP contribution in [0.2, 0.25) is 10.0 Å². The Balaban J connectivity index is 0.000000236. The summed E-state index contributed by atoms with van der Waals surface area (Å²) in [5, 5.41) is 9.36. The summed E-state index contributed by atoms with van der Waals surface area (Å²) >= 11 is 12.3. The number of nitrogens with one attached hydrogen (secondary N) is 1. The molecular formula is C23H29Cl2N3. The van der Waals surface area contributed by atoms with Crippen molar-refractivity contribution in [2.75, 3.05) is 13.1 Å². The zero-order valence-electron chi connectivity index (χ0n) is 16.9. The first-order valence-electron chi connectivity index (χ1n) is 10.2. The Morgan fingerprint density at radius 3 is 2.57 bits per heavy atom. The number of fused-ring (bicyclic) bond motifs is 1. The second kappa shape index (κ2) is 9.78. The van der Waals surface area contributed by atoms with Gasteiger partial charge >= 0.3 is 0 Å². The number of hydrogen-bond donors (Lipinski definition) is 1. The fourth-order valence-corrected chi connectivity index (χ4v) is 3.78. The van der Waals surface area contributed by atoms with Gasteiger partial charge in [-0.3, -0.25) is 0 Å². The standard InChI is InChI=1S/C16H14Cl2N2.C7H15N/c1-3-14-10(2)15-5-4-6-16(20(15)19-14)12-8-7-11(17)9-13(12)18;1-2-5-8-6-7-3-4-7/h4-9H,3H2,1-2H3;7-8H,2-6H2,1H3. The predicted molar refractivity (Wildman–Crippen MR) is 121 cm³/mol. The molecule has 0 saturated heterocycles. The molecule has 1 saturated carbocycles. The zero-order valence-corrected chi connectivity index (χ0v) is 18.4. The Bertz CT molecular complexity index is 929. The highest BCUT2D eigenvalue weighted by atomic mass is 35.5. The van der Waals surface area contributed by atoms with Crippen LogP contribution in [0.1, 0.15) is 44.4 Å². The third kappa shape index (κ3) is 5.08. The Labute approximate surface area is 178 Å². The largest absolute Gasteiger partial charge is 0.316 e. The summed E-state index contributed by atoms with van der Waals surface area (Å²) in [6.07, 6.45) is 5.13. The first kappa shape index (κ1) is 21.2. The maximum Gasteiger partial charge on any atom is 0.0740 e. The van der Waals surface area contributed by atoms with Crippen LogP contribution in [0.3, 0.4) is 0 Å². The van der Waals surface area contributed by atoms with Crippen molar-refractivity contribution in [1.29, 1.82) is 0 Å². The van der Waals surface area contributed by atoms with E-state index in [9.17, 15) is 0 Å². The highest BCUT2D eigenvalue weighted by Gasteiger charge is 2.19. The normalized spacial score (nSPS) is 13.5. The quantitative estimate of drug-likeness (QED) is 0.459. The number of pyridine rings is 1.